The van der Waals surface area contributed by atoms with Crippen LogP contribution in [0.25, 0.3) is 0 Å². The van der Waals surface area contributed by atoms with Gasteiger partial charge in [0.05, 0.1) is 17.3 Å². The molecule has 4 nitrogen and oxygen atoms in total. The van der Waals surface area contributed by atoms with Crippen molar-refractivity contribution in [2.24, 2.45) is 0 Å². The van der Waals surface area contributed by atoms with Crippen molar-refractivity contribution in [3.63, 3.8) is 0 Å². The van der Waals surface area contributed by atoms with Gasteiger partial charge < -0.3 is 10.1 Å². The molecule has 0 saturated carbocycles. The Morgan fingerprint density at radius 1 is 1.33 bits per heavy atom. The minimum atomic E-state index is -0.674. The number of hydrogen-bond donors (Lipinski definition) is 1. The molecule has 0 radical (unpaired) electrons. The largest absolute Gasteiger partial charge is 0.479 e. The van der Waals surface area contributed by atoms with Crippen molar-refractivity contribution in [3.05, 3.63) is 58.3 Å². The Morgan fingerprint density at radius 2 is 2.14 bits per heavy atom. The molecule has 1 aromatic heterocycles. The number of ether oxygens (including phenoxy) is 1. The van der Waals surface area contributed by atoms with Crippen LogP contribution in [0.4, 0.5) is 0 Å². The van der Waals surface area contributed by atoms with E-state index < -0.39 is 6.10 Å². The normalized spacial score (nSPS) is 11.8. The van der Waals surface area contributed by atoms with Gasteiger partial charge in [0, 0.05) is 11.2 Å². The van der Waals surface area contributed by atoms with Gasteiger partial charge in [0.15, 0.2) is 6.10 Å². The Hall–Kier alpha value is -1.78. The highest BCUT2D eigenvalue weighted by Crippen LogP contribution is 2.28. The lowest BCUT2D eigenvalue weighted by molar-refractivity contribution is -0.127. The van der Waals surface area contributed by atoms with Crippen molar-refractivity contribution in [1.82, 2.24) is 10.3 Å². The lowest BCUT2D eigenvalue weighted by atomic mass is 10.3. The van der Waals surface area contributed by atoms with E-state index in [1.807, 2.05) is 18.2 Å². The number of hydrogen-bond acceptors (Lipinski definition) is 3. The van der Waals surface area contributed by atoms with Gasteiger partial charge in [0.2, 0.25) is 0 Å². The molecule has 0 unspecified atom stereocenters. The van der Waals surface area contributed by atoms with E-state index in [1.165, 1.54) is 0 Å². The number of carbonyl (C=O) groups excluding carboxylic acids is 1. The van der Waals surface area contributed by atoms with Crippen LogP contribution in [0.1, 0.15) is 12.6 Å². The summed E-state index contributed by atoms with van der Waals surface area (Å²) in [4.78, 5) is 16.1. The standard InChI is InChI=1S/C15H14Cl2N2O2/c1-10(21-14-6-5-11(16)8-13(14)17)15(20)19-9-12-4-2-3-7-18-12/h2-8,10H,9H2,1H3,(H,19,20)/t10-/m1/s1. The summed E-state index contributed by atoms with van der Waals surface area (Å²) >= 11 is 11.8. The molecule has 21 heavy (non-hydrogen) atoms. The van der Waals surface area contributed by atoms with Gasteiger partial charge in [-0.05, 0) is 37.3 Å². The Kier molecular flexibility index (Phi) is 5.42. The Labute approximate surface area is 133 Å². The molecule has 110 valence electrons. The zero-order chi connectivity index (χ0) is 15.2. The zero-order valence-corrected chi connectivity index (χ0v) is 12.9. The van der Waals surface area contributed by atoms with Crippen LogP contribution in [0.5, 0.6) is 5.75 Å². The van der Waals surface area contributed by atoms with E-state index in [2.05, 4.69) is 10.3 Å². The first-order valence-corrected chi connectivity index (χ1v) is 7.11. The third kappa shape index (κ3) is 4.62. The lowest BCUT2D eigenvalue weighted by Crippen LogP contribution is -2.36. The molecular formula is C15H14Cl2N2O2. The Balaban J connectivity index is 1.90. The van der Waals surface area contributed by atoms with Crippen LogP contribution in [0, 0.1) is 0 Å². The number of carbonyl (C=O) groups is 1. The predicted octanol–water partition coefficient (Wildman–Crippen LogP) is 3.47. The van der Waals surface area contributed by atoms with Crippen molar-refractivity contribution >= 4 is 29.1 Å². The number of nitrogens with zero attached hydrogens (tertiary/aromatic N) is 1. The molecule has 0 fully saturated rings. The predicted molar refractivity (Wildman–Crippen MR) is 82.6 cm³/mol. The molecule has 0 bridgehead atoms. The van der Waals surface area contributed by atoms with Gasteiger partial charge in [0.25, 0.3) is 5.91 Å². The van der Waals surface area contributed by atoms with E-state index in [0.29, 0.717) is 22.3 Å². The summed E-state index contributed by atoms with van der Waals surface area (Å²) in [5, 5.41) is 3.64. The second-order valence-electron chi connectivity index (χ2n) is 4.37. The maximum atomic E-state index is 12.0. The maximum absolute atomic E-state index is 12.0. The highest BCUT2D eigenvalue weighted by atomic mass is 35.5. The fourth-order valence-electron chi connectivity index (χ4n) is 1.64. The Bertz CT molecular complexity index is 620. The minimum Gasteiger partial charge on any atom is -0.479 e. The van der Waals surface area contributed by atoms with Gasteiger partial charge in [-0.3, -0.25) is 9.78 Å². The van der Waals surface area contributed by atoms with Crippen molar-refractivity contribution in [2.75, 3.05) is 0 Å². The number of nitrogens with one attached hydrogen (secondary N) is 1. The first-order valence-electron chi connectivity index (χ1n) is 6.35. The third-order valence-electron chi connectivity index (χ3n) is 2.74. The fraction of sp³-hybridized carbons (Fsp3) is 0.200. The molecule has 0 aliphatic heterocycles. The van der Waals surface area contributed by atoms with Crippen LogP contribution >= 0.6 is 23.2 Å². The van der Waals surface area contributed by atoms with Crippen molar-refractivity contribution in [1.29, 1.82) is 0 Å². The number of rotatable bonds is 5. The van der Waals surface area contributed by atoms with E-state index >= 15 is 0 Å². The van der Waals surface area contributed by atoms with Gasteiger partial charge in [0.1, 0.15) is 5.75 Å². The van der Waals surface area contributed by atoms with Crippen LogP contribution in [-0.4, -0.2) is 17.0 Å². The lowest BCUT2D eigenvalue weighted by Gasteiger charge is -2.15. The van der Waals surface area contributed by atoms with Crippen LogP contribution in [-0.2, 0) is 11.3 Å². The molecular weight excluding hydrogens is 311 g/mol. The van der Waals surface area contributed by atoms with Gasteiger partial charge in [-0.1, -0.05) is 29.3 Å². The minimum absolute atomic E-state index is 0.244. The van der Waals surface area contributed by atoms with E-state index in [0.717, 1.165) is 5.69 Å². The van der Waals surface area contributed by atoms with E-state index in [-0.39, 0.29) is 5.91 Å². The summed E-state index contributed by atoms with van der Waals surface area (Å²) in [5.74, 6) is 0.174. The van der Waals surface area contributed by atoms with Crippen molar-refractivity contribution in [2.45, 2.75) is 19.6 Å². The topological polar surface area (TPSA) is 51.2 Å². The van der Waals surface area contributed by atoms with E-state index in [4.69, 9.17) is 27.9 Å². The first-order chi connectivity index (χ1) is 10.1. The number of pyridine rings is 1. The smallest absolute Gasteiger partial charge is 0.261 e. The molecule has 6 heteroatoms. The quantitative estimate of drug-likeness (QED) is 0.916. The average Bonchev–Trinajstić information content (AvgIpc) is 2.48. The van der Waals surface area contributed by atoms with Gasteiger partial charge in [-0.15, -0.1) is 0 Å². The SMILES string of the molecule is C[C@@H](Oc1ccc(Cl)cc1Cl)C(=O)NCc1ccccn1. The van der Waals surface area contributed by atoms with Gasteiger partial charge in [-0.25, -0.2) is 0 Å². The first kappa shape index (κ1) is 15.6. The molecule has 2 rings (SSSR count). The molecule has 1 atom stereocenters. The van der Waals surface area contributed by atoms with E-state index in [1.54, 1.807) is 31.3 Å². The molecule has 1 heterocycles. The van der Waals surface area contributed by atoms with Gasteiger partial charge in [-0.2, -0.15) is 0 Å². The monoisotopic (exact) mass is 324 g/mol. The van der Waals surface area contributed by atoms with Crippen LogP contribution in [0.3, 0.4) is 0 Å². The average molecular weight is 325 g/mol. The summed E-state index contributed by atoms with van der Waals surface area (Å²) in [6, 6.07) is 10.4. The number of benzene rings is 1. The number of aromatic nitrogens is 1. The number of amides is 1. The summed E-state index contributed by atoms with van der Waals surface area (Å²) in [7, 11) is 0. The highest BCUT2D eigenvalue weighted by molar-refractivity contribution is 6.35. The summed E-state index contributed by atoms with van der Waals surface area (Å²) in [6.07, 6.45) is 1.00. The molecule has 1 aromatic carbocycles. The van der Waals surface area contributed by atoms with Crippen molar-refractivity contribution < 1.29 is 9.53 Å². The van der Waals surface area contributed by atoms with E-state index in [9.17, 15) is 4.79 Å². The van der Waals surface area contributed by atoms with Crippen molar-refractivity contribution in [3.8, 4) is 5.75 Å². The molecule has 0 saturated heterocycles. The molecule has 2 aromatic rings. The molecule has 0 aliphatic carbocycles. The molecule has 1 amide bonds. The van der Waals surface area contributed by atoms with Crippen LogP contribution in [0.15, 0.2) is 42.6 Å². The summed E-state index contributed by atoms with van der Waals surface area (Å²) in [5.41, 5.74) is 0.780. The van der Waals surface area contributed by atoms with Crippen LogP contribution in [0.2, 0.25) is 10.0 Å². The Morgan fingerprint density at radius 3 is 2.81 bits per heavy atom. The zero-order valence-electron chi connectivity index (χ0n) is 11.3. The fourth-order valence-corrected chi connectivity index (χ4v) is 2.09. The summed E-state index contributed by atoms with van der Waals surface area (Å²) in [6.45, 7) is 2.00. The molecule has 0 aliphatic rings. The van der Waals surface area contributed by atoms with Crippen LogP contribution < -0.4 is 10.1 Å². The van der Waals surface area contributed by atoms with Gasteiger partial charge >= 0.3 is 0 Å². The molecule has 1 N–H and O–H groups in total. The summed E-state index contributed by atoms with van der Waals surface area (Å²) < 4.78 is 5.53. The second kappa shape index (κ2) is 7.29. The third-order valence-corrected chi connectivity index (χ3v) is 3.27. The maximum Gasteiger partial charge on any atom is 0.261 e. The highest BCUT2D eigenvalue weighted by Gasteiger charge is 2.16. The number of halogens is 2. The second-order valence-corrected chi connectivity index (χ2v) is 5.22. The molecule has 0 spiro atoms.